The Labute approximate surface area is 113 Å². The zero-order valence-electron chi connectivity index (χ0n) is 11.4. The minimum atomic E-state index is -0.111. The average Bonchev–Trinajstić information content (AvgIpc) is 2.82. The molecule has 0 aliphatic rings. The molecule has 1 unspecified atom stereocenters. The van der Waals surface area contributed by atoms with E-state index in [9.17, 15) is 4.79 Å². The van der Waals surface area contributed by atoms with E-state index in [0.717, 1.165) is 30.9 Å². The Bertz CT molecular complexity index is 366. The van der Waals surface area contributed by atoms with Crippen LogP contribution in [0.15, 0.2) is 5.38 Å². The topological polar surface area (TPSA) is 51.2 Å². The molecule has 5 heteroatoms. The molecule has 4 nitrogen and oxygen atoms in total. The van der Waals surface area contributed by atoms with E-state index < -0.39 is 0 Å². The summed E-state index contributed by atoms with van der Waals surface area (Å²) in [5.74, 6) is -0.111. The van der Waals surface area contributed by atoms with Gasteiger partial charge in [0.15, 0.2) is 0 Å². The first-order chi connectivity index (χ1) is 8.67. The largest absolute Gasteiger partial charge is 0.377 e. The van der Waals surface area contributed by atoms with Crippen LogP contribution in [0.1, 0.15) is 49.1 Å². The van der Waals surface area contributed by atoms with E-state index >= 15 is 0 Å². The molecule has 1 N–H and O–H groups in total. The van der Waals surface area contributed by atoms with Gasteiger partial charge >= 0.3 is 0 Å². The van der Waals surface area contributed by atoms with Crippen molar-refractivity contribution in [2.24, 2.45) is 0 Å². The van der Waals surface area contributed by atoms with Crippen molar-refractivity contribution in [1.29, 1.82) is 0 Å². The minimum Gasteiger partial charge on any atom is -0.377 e. The lowest BCUT2D eigenvalue weighted by Gasteiger charge is -2.12. The van der Waals surface area contributed by atoms with Gasteiger partial charge in [-0.2, -0.15) is 0 Å². The molecule has 1 aromatic heterocycles. The van der Waals surface area contributed by atoms with Gasteiger partial charge in [-0.3, -0.25) is 4.79 Å². The molecule has 1 atom stereocenters. The summed E-state index contributed by atoms with van der Waals surface area (Å²) in [6, 6.07) is 0. The lowest BCUT2D eigenvalue weighted by molar-refractivity contribution is 0.0621. The smallest absolute Gasteiger partial charge is 0.270 e. The van der Waals surface area contributed by atoms with Gasteiger partial charge < -0.3 is 10.1 Å². The Morgan fingerprint density at radius 2 is 2.28 bits per heavy atom. The van der Waals surface area contributed by atoms with Crippen molar-refractivity contribution in [3.63, 3.8) is 0 Å². The molecule has 1 rings (SSSR count). The highest BCUT2D eigenvalue weighted by atomic mass is 32.1. The van der Waals surface area contributed by atoms with Crippen LogP contribution >= 0.6 is 11.3 Å². The molecule has 1 amide bonds. The number of thiazole rings is 1. The number of amides is 1. The number of carbonyl (C=O) groups is 1. The number of nitrogens with zero attached hydrogens (tertiary/aromatic N) is 1. The van der Waals surface area contributed by atoms with Crippen molar-refractivity contribution in [3.8, 4) is 0 Å². The predicted molar refractivity (Wildman–Crippen MR) is 74.1 cm³/mol. The van der Waals surface area contributed by atoms with Gasteiger partial charge in [0, 0.05) is 18.5 Å². The zero-order chi connectivity index (χ0) is 13.4. The van der Waals surface area contributed by atoms with Crippen molar-refractivity contribution in [2.75, 3.05) is 13.2 Å². The summed E-state index contributed by atoms with van der Waals surface area (Å²) in [4.78, 5) is 16.1. The Kier molecular flexibility index (Phi) is 6.90. The van der Waals surface area contributed by atoms with E-state index in [1.807, 2.05) is 12.3 Å². The van der Waals surface area contributed by atoms with Crippen LogP contribution in [0.3, 0.4) is 0 Å². The molecule has 0 aromatic carbocycles. The highest BCUT2D eigenvalue weighted by Gasteiger charge is 2.11. The molecule has 0 saturated heterocycles. The van der Waals surface area contributed by atoms with Gasteiger partial charge in [0.2, 0.25) is 0 Å². The number of carbonyl (C=O) groups excluding carboxylic acids is 1. The normalized spacial score (nSPS) is 12.4. The third-order valence-corrected chi connectivity index (χ3v) is 3.31. The minimum absolute atomic E-state index is 0.0441. The number of hydrogen-bond acceptors (Lipinski definition) is 4. The summed E-state index contributed by atoms with van der Waals surface area (Å²) in [5.41, 5.74) is 0.520. The molecule has 0 fully saturated rings. The van der Waals surface area contributed by atoms with Crippen LogP contribution in [0.2, 0.25) is 0 Å². The molecule has 0 bridgehead atoms. The summed E-state index contributed by atoms with van der Waals surface area (Å²) < 4.78 is 5.49. The summed E-state index contributed by atoms with van der Waals surface area (Å²) in [5, 5.41) is 5.69. The lowest BCUT2D eigenvalue weighted by Crippen LogP contribution is -2.32. The van der Waals surface area contributed by atoms with Gasteiger partial charge in [0.1, 0.15) is 5.69 Å². The molecule has 18 heavy (non-hydrogen) atoms. The van der Waals surface area contributed by atoms with Crippen molar-refractivity contribution in [2.45, 2.75) is 46.1 Å². The molecule has 0 saturated carbocycles. The standard InChI is InChI=1S/C13H22N2O2S/c1-4-6-12-15-11(9-18-12)13(16)14-8-10(3)17-7-5-2/h9-10H,4-8H2,1-3H3,(H,14,16). The summed E-state index contributed by atoms with van der Waals surface area (Å²) in [6.45, 7) is 7.39. The van der Waals surface area contributed by atoms with Crippen molar-refractivity contribution >= 4 is 17.2 Å². The van der Waals surface area contributed by atoms with Crippen LogP contribution in [0.25, 0.3) is 0 Å². The van der Waals surface area contributed by atoms with Gasteiger partial charge in [0.05, 0.1) is 11.1 Å². The Balaban J connectivity index is 2.35. The Hall–Kier alpha value is -0.940. The molecule has 0 radical (unpaired) electrons. The Morgan fingerprint density at radius 3 is 2.94 bits per heavy atom. The first-order valence-electron chi connectivity index (χ1n) is 6.51. The fraction of sp³-hybridized carbons (Fsp3) is 0.692. The average molecular weight is 270 g/mol. The zero-order valence-corrected chi connectivity index (χ0v) is 12.2. The highest BCUT2D eigenvalue weighted by Crippen LogP contribution is 2.11. The summed E-state index contributed by atoms with van der Waals surface area (Å²) in [6.07, 6.45) is 3.03. The molecule has 0 spiro atoms. The molecule has 0 aliphatic carbocycles. The van der Waals surface area contributed by atoms with Crippen molar-refractivity contribution in [3.05, 3.63) is 16.1 Å². The predicted octanol–water partition coefficient (Wildman–Crippen LogP) is 2.64. The second-order valence-corrected chi connectivity index (χ2v) is 5.21. The molecule has 1 heterocycles. The lowest BCUT2D eigenvalue weighted by atomic mass is 10.3. The van der Waals surface area contributed by atoms with E-state index in [1.165, 1.54) is 0 Å². The highest BCUT2D eigenvalue weighted by molar-refractivity contribution is 7.09. The number of ether oxygens (including phenoxy) is 1. The fourth-order valence-corrected chi connectivity index (χ4v) is 2.33. The number of hydrogen-bond donors (Lipinski definition) is 1. The van der Waals surface area contributed by atoms with Crippen LogP contribution in [-0.4, -0.2) is 30.1 Å². The molecule has 0 aliphatic heterocycles. The van der Waals surface area contributed by atoms with Crippen LogP contribution < -0.4 is 5.32 Å². The van der Waals surface area contributed by atoms with Crippen LogP contribution in [0.4, 0.5) is 0 Å². The van der Waals surface area contributed by atoms with Crippen LogP contribution in [0.5, 0.6) is 0 Å². The van der Waals surface area contributed by atoms with Gasteiger partial charge in [0.25, 0.3) is 5.91 Å². The van der Waals surface area contributed by atoms with E-state index in [2.05, 4.69) is 24.1 Å². The van der Waals surface area contributed by atoms with Crippen molar-refractivity contribution in [1.82, 2.24) is 10.3 Å². The van der Waals surface area contributed by atoms with Gasteiger partial charge in [-0.25, -0.2) is 4.98 Å². The number of aromatic nitrogens is 1. The number of aryl methyl sites for hydroxylation is 1. The van der Waals surface area contributed by atoms with E-state index in [1.54, 1.807) is 11.3 Å². The molecular formula is C13H22N2O2S. The van der Waals surface area contributed by atoms with Gasteiger partial charge in [-0.1, -0.05) is 13.8 Å². The fourth-order valence-electron chi connectivity index (χ4n) is 1.45. The molecule has 1 aromatic rings. The SMILES string of the molecule is CCCOC(C)CNC(=O)c1csc(CCC)n1. The first-order valence-corrected chi connectivity index (χ1v) is 7.39. The maximum atomic E-state index is 11.8. The van der Waals surface area contributed by atoms with Gasteiger partial charge in [-0.15, -0.1) is 11.3 Å². The number of rotatable bonds is 8. The summed E-state index contributed by atoms with van der Waals surface area (Å²) in [7, 11) is 0. The van der Waals surface area contributed by atoms with E-state index in [0.29, 0.717) is 12.2 Å². The summed E-state index contributed by atoms with van der Waals surface area (Å²) >= 11 is 1.55. The van der Waals surface area contributed by atoms with Crippen LogP contribution in [-0.2, 0) is 11.2 Å². The second kappa shape index (κ2) is 8.21. The second-order valence-electron chi connectivity index (χ2n) is 4.27. The van der Waals surface area contributed by atoms with E-state index in [4.69, 9.17) is 4.74 Å². The first kappa shape index (κ1) is 15.1. The monoisotopic (exact) mass is 270 g/mol. The quantitative estimate of drug-likeness (QED) is 0.790. The third kappa shape index (κ3) is 5.14. The van der Waals surface area contributed by atoms with Gasteiger partial charge in [-0.05, 0) is 26.2 Å². The Morgan fingerprint density at radius 1 is 1.50 bits per heavy atom. The van der Waals surface area contributed by atoms with Crippen molar-refractivity contribution < 1.29 is 9.53 Å². The van der Waals surface area contributed by atoms with E-state index in [-0.39, 0.29) is 12.0 Å². The molecular weight excluding hydrogens is 248 g/mol. The maximum Gasteiger partial charge on any atom is 0.270 e. The van der Waals surface area contributed by atoms with Crippen LogP contribution in [0, 0.1) is 0 Å². The maximum absolute atomic E-state index is 11.8. The third-order valence-electron chi connectivity index (χ3n) is 2.40. The molecule has 102 valence electrons. The number of nitrogens with one attached hydrogen (secondary N) is 1.